The summed E-state index contributed by atoms with van der Waals surface area (Å²) in [5, 5.41) is 10.3. The van der Waals surface area contributed by atoms with Gasteiger partial charge in [-0.2, -0.15) is 0 Å². The van der Waals surface area contributed by atoms with E-state index in [0.29, 0.717) is 0 Å². The average Bonchev–Trinajstić information content (AvgIpc) is 2.48. The molecule has 2 aromatic rings. The summed E-state index contributed by atoms with van der Waals surface area (Å²) in [4.78, 5) is 12.4. The number of methoxy groups -OCH3 is 2. The normalized spacial score (nSPS) is 10.3. The van der Waals surface area contributed by atoms with Crippen molar-refractivity contribution in [2.24, 2.45) is 0 Å². The Morgan fingerprint density at radius 2 is 1.71 bits per heavy atom. The molecule has 0 heterocycles. The topological polar surface area (TPSA) is 55.8 Å². The van der Waals surface area contributed by atoms with E-state index in [1.807, 2.05) is 0 Å². The number of benzene rings is 2. The number of halogens is 2. The van der Waals surface area contributed by atoms with Gasteiger partial charge in [0.1, 0.15) is 5.82 Å². The van der Waals surface area contributed by atoms with E-state index >= 15 is 0 Å². The van der Waals surface area contributed by atoms with E-state index in [4.69, 9.17) is 21.1 Å². The molecule has 0 spiro atoms. The molecule has 0 aliphatic carbocycles. The fourth-order valence-electron chi connectivity index (χ4n) is 1.91. The highest BCUT2D eigenvalue weighted by molar-refractivity contribution is 6.33. The first kappa shape index (κ1) is 15.1. The molecule has 110 valence electrons. The zero-order valence-electron chi connectivity index (χ0n) is 11.3. The summed E-state index contributed by atoms with van der Waals surface area (Å²) in [5.41, 5.74) is 0.166. The number of carbonyl (C=O) groups is 1. The van der Waals surface area contributed by atoms with Crippen LogP contribution in [0.3, 0.4) is 0 Å². The van der Waals surface area contributed by atoms with Crippen LogP contribution in [0.5, 0.6) is 17.2 Å². The molecule has 0 bridgehead atoms. The summed E-state index contributed by atoms with van der Waals surface area (Å²) in [5.74, 6) is -1.24. The highest BCUT2D eigenvalue weighted by Gasteiger charge is 2.23. The number of phenols is 1. The van der Waals surface area contributed by atoms with Crippen LogP contribution in [0.1, 0.15) is 15.9 Å². The second kappa shape index (κ2) is 6.01. The third kappa shape index (κ3) is 2.78. The molecule has 0 aromatic heterocycles. The lowest BCUT2D eigenvalue weighted by atomic mass is 10.0. The Bertz CT molecular complexity index is 683. The lowest BCUT2D eigenvalue weighted by Crippen LogP contribution is -2.04. The van der Waals surface area contributed by atoms with E-state index in [0.717, 1.165) is 12.1 Å². The maximum Gasteiger partial charge on any atom is 0.205 e. The Balaban J connectivity index is 2.56. The molecule has 0 atom stereocenters. The molecule has 21 heavy (non-hydrogen) atoms. The second-order valence-electron chi connectivity index (χ2n) is 4.16. The van der Waals surface area contributed by atoms with Crippen LogP contribution in [-0.4, -0.2) is 25.1 Å². The molecular formula is C15H12ClFO4. The first-order valence-corrected chi connectivity index (χ1v) is 6.31. The molecule has 0 fully saturated rings. The van der Waals surface area contributed by atoms with Gasteiger partial charge in [0.2, 0.25) is 5.75 Å². The van der Waals surface area contributed by atoms with Crippen molar-refractivity contribution in [3.05, 3.63) is 52.3 Å². The summed E-state index contributed by atoms with van der Waals surface area (Å²) >= 11 is 6.01. The Morgan fingerprint density at radius 3 is 2.24 bits per heavy atom. The zero-order valence-corrected chi connectivity index (χ0v) is 12.1. The van der Waals surface area contributed by atoms with Gasteiger partial charge in [0.15, 0.2) is 17.3 Å². The van der Waals surface area contributed by atoms with Crippen LogP contribution >= 0.6 is 11.6 Å². The molecular weight excluding hydrogens is 299 g/mol. The summed E-state index contributed by atoms with van der Waals surface area (Å²) in [7, 11) is 2.69. The second-order valence-corrected chi connectivity index (χ2v) is 4.56. The van der Waals surface area contributed by atoms with Gasteiger partial charge < -0.3 is 14.6 Å². The number of hydrogen-bond acceptors (Lipinski definition) is 4. The summed E-state index contributed by atoms with van der Waals surface area (Å²) in [6.07, 6.45) is 0. The number of ketones is 1. The van der Waals surface area contributed by atoms with Crippen LogP contribution in [0.4, 0.5) is 4.39 Å². The van der Waals surface area contributed by atoms with Crippen molar-refractivity contribution in [3.8, 4) is 17.2 Å². The molecule has 0 saturated heterocycles. The molecule has 0 radical (unpaired) electrons. The SMILES string of the molecule is COc1c(Cl)cc(C(=O)c2ccc(F)cc2)c(O)c1OC. The van der Waals surface area contributed by atoms with Gasteiger partial charge in [-0.25, -0.2) is 4.39 Å². The first-order chi connectivity index (χ1) is 9.99. The molecule has 0 amide bonds. The van der Waals surface area contributed by atoms with Gasteiger partial charge >= 0.3 is 0 Å². The van der Waals surface area contributed by atoms with Crippen LogP contribution < -0.4 is 9.47 Å². The van der Waals surface area contributed by atoms with Crippen molar-refractivity contribution >= 4 is 17.4 Å². The average molecular weight is 311 g/mol. The lowest BCUT2D eigenvalue weighted by molar-refractivity contribution is 0.103. The Kier molecular flexibility index (Phi) is 4.33. The van der Waals surface area contributed by atoms with Crippen LogP contribution in [-0.2, 0) is 0 Å². The first-order valence-electron chi connectivity index (χ1n) is 5.93. The fraction of sp³-hybridized carbons (Fsp3) is 0.133. The van der Waals surface area contributed by atoms with Gasteiger partial charge in [0, 0.05) is 5.56 Å². The third-order valence-electron chi connectivity index (χ3n) is 2.92. The molecule has 4 nitrogen and oxygen atoms in total. The zero-order chi connectivity index (χ0) is 15.6. The maximum atomic E-state index is 12.9. The predicted octanol–water partition coefficient (Wildman–Crippen LogP) is 3.43. The summed E-state index contributed by atoms with van der Waals surface area (Å²) in [6, 6.07) is 6.24. The maximum absolute atomic E-state index is 12.9. The standard InChI is InChI=1S/C15H12ClFO4/c1-20-14-11(16)7-10(13(19)15(14)21-2)12(18)8-3-5-9(17)6-4-8/h3-7,19H,1-2H3. The molecule has 6 heteroatoms. The minimum Gasteiger partial charge on any atom is -0.504 e. The summed E-state index contributed by atoms with van der Waals surface area (Å²) < 4.78 is 22.9. The van der Waals surface area contributed by atoms with Crippen LogP contribution in [0.15, 0.2) is 30.3 Å². The van der Waals surface area contributed by atoms with E-state index in [1.54, 1.807) is 0 Å². The minimum atomic E-state index is -0.504. The quantitative estimate of drug-likeness (QED) is 0.879. The minimum absolute atomic E-state index is 0.0320. The van der Waals surface area contributed by atoms with Crippen molar-refractivity contribution in [1.29, 1.82) is 0 Å². The van der Waals surface area contributed by atoms with Gasteiger partial charge in [-0.15, -0.1) is 0 Å². The van der Waals surface area contributed by atoms with Crippen molar-refractivity contribution in [2.75, 3.05) is 14.2 Å². The monoisotopic (exact) mass is 310 g/mol. The van der Waals surface area contributed by atoms with Crippen molar-refractivity contribution in [1.82, 2.24) is 0 Å². The highest BCUT2D eigenvalue weighted by atomic mass is 35.5. The molecule has 0 aliphatic rings. The number of rotatable bonds is 4. The van der Waals surface area contributed by atoms with Crippen molar-refractivity contribution in [3.63, 3.8) is 0 Å². The van der Waals surface area contributed by atoms with Crippen molar-refractivity contribution in [2.45, 2.75) is 0 Å². The van der Waals surface area contributed by atoms with Crippen LogP contribution in [0.2, 0.25) is 5.02 Å². The number of carbonyl (C=O) groups excluding carboxylic acids is 1. The third-order valence-corrected chi connectivity index (χ3v) is 3.20. The van der Waals surface area contributed by atoms with E-state index in [9.17, 15) is 14.3 Å². The number of ether oxygens (including phenoxy) is 2. The highest BCUT2D eigenvalue weighted by Crippen LogP contribution is 2.44. The fourth-order valence-corrected chi connectivity index (χ4v) is 2.18. The smallest absolute Gasteiger partial charge is 0.205 e. The molecule has 0 unspecified atom stereocenters. The van der Waals surface area contributed by atoms with Crippen molar-refractivity contribution < 1.29 is 23.8 Å². The van der Waals surface area contributed by atoms with Gasteiger partial charge in [-0.1, -0.05) is 11.6 Å². The van der Waals surface area contributed by atoms with Gasteiger partial charge in [0.05, 0.1) is 24.8 Å². The lowest BCUT2D eigenvalue weighted by Gasteiger charge is -2.14. The predicted molar refractivity (Wildman–Crippen MR) is 76.1 cm³/mol. The van der Waals surface area contributed by atoms with E-state index in [-0.39, 0.29) is 33.4 Å². The molecule has 0 saturated carbocycles. The summed E-state index contributed by atoms with van der Waals surface area (Å²) in [6.45, 7) is 0. The molecule has 1 N–H and O–H groups in total. The number of phenolic OH excluding ortho intramolecular Hbond substituents is 1. The van der Waals surface area contributed by atoms with Gasteiger partial charge in [-0.05, 0) is 30.3 Å². The van der Waals surface area contributed by atoms with E-state index in [2.05, 4.69) is 0 Å². The molecule has 2 aromatic carbocycles. The van der Waals surface area contributed by atoms with Gasteiger partial charge in [0.25, 0.3) is 0 Å². The molecule has 2 rings (SSSR count). The number of aromatic hydroxyl groups is 1. The van der Waals surface area contributed by atoms with E-state index < -0.39 is 11.6 Å². The van der Waals surface area contributed by atoms with Crippen LogP contribution in [0.25, 0.3) is 0 Å². The van der Waals surface area contributed by atoms with E-state index in [1.165, 1.54) is 32.4 Å². The largest absolute Gasteiger partial charge is 0.504 e. The van der Waals surface area contributed by atoms with Gasteiger partial charge in [-0.3, -0.25) is 4.79 Å². The number of hydrogen-bond donors (Lipinski definition) is 1. The Labute approximate surface area is 125 Å². The Hall–Kier alpha value is -2.27. The van der Waals surface area contributed by atoms with Crippen LogP contribution in [0, 0.1) is 5.82 Å². The Morgan fingerprint density at radius 1 is 1.14 bits per heavy atom. The molecule has 0 aliphatic heterocycles.